The smallest absolute Gasteiger partial charge is 0.235 e. The highest BCUT2D eigenvalue weighted by atomic mass is 32.2. The molecule has 3 aliphatic heterocycles. The summed E-state index contributed by atoms with van der Waals surface area (Å²) in [7, 11) is 0. The lowest BCUT2D eigenvalue weighted by atomic mass is 9.79. The number of carboxylic acid groups (broad SMARTS) is 1. The van der Waals surface area contributed by atoms with Gasteiger partial charge in [-0.15, -0.1) is 16.4 Å². The minimum atomic E-state index is -1.31. The molecule has 4 rings (SSSR count). The molecule has 1 N–H and O–H groups in total. The zero-order valence-electron chi connectivity index (χ0n) is 15.3. The first-order valence-electron chi connectivity index (χ1n) is 8.92. The van der Waals surface area contributed by atoms with Crippen molar-refractivity contribution in [1.29, 1.82) is 0 Å². The molecule has 3 aliphatic rings. The van der Waals surface area contributed by atoms with Crippen molar-refractivity contribution < 1.29 is 24.5 Å². The Kier molecular flexibility index (Phi) is 3.96. The van der Waals surface area contributed by atoms with Gasteiger partial charge in [-0.25, -0.2) is 0 Å². The highest BCUT2D eigenvalue weighted by Crippen LogP contribution is 2.51. The second-order valence-corrected chi connectivity index (χ2v) is 8.93. The summed E-state index contributed by atoms with van der Waals surface area (Å²) in [5.41, 5.74) is 2.38. The van der Waals surface area contributed by atoms with E-state index < -0.39 is 18.0 Å². The molecule has 1 aromatic rings. The number of β-lactam (4-membered cyclic amide) rings is 1. The van der Waals surface area contributed by atoms with Gasteiger partial charge in [-0.05, 0) is 13.8 Å². The predicted octanol–water partition coefficient (Wildman–Crippen LogP) is -0.673. The van der Waals surface area contributed by atoms with Crippen LogP contribution in [0.5, 0.6) is 0 Å². The Morgan fingerprint density at radius 2 is 2.15 bits per heavy atom. The number of aromatic nitrogens is 2. The van der Waals surface area contributed by atoms with Crippen LogP contribution >= 0.6 is 11.8 Å². The van der Waals surface area contributed by atoms with E-state index in [-0.39, 0.29) is 28.8 Å². The molecule has 8 heteroatoms. The second-order valence-electron chi connectivity index (χ2n) is 7.59. The van der Waals surface area contributed by atoms with Crippen LogP contribution in [-0.4, -0.2) is 44.0 Å². The first kappa shape index (κ1) is 17.6. The third-order valence-corrected chi connectivity index (χ3v) is 7.32. The van der Waals surface area contributed by atoms with Gasteiger partial charge in [0.05, 0.1) is 47.2 Å². The Morgan fingerprint density at radius 3 is 2.73 bits per heavy atom. The highest BCUT2D eigenvalue weighted by molar-refractivity contribution is 8.03. The minimum Gasteiger partial charge on any atom is -0.543 e. The number of aliphatic hydroxyl groups is 1. The van der Waals surface area contributed by atoms with Crippen molar-refractivity contribution in [1.82, 2.24) is 9.58 Å². The number of hydrogen-bond donors (Lipinski definition) is 1. The number of carboxylic acids is 1. The predicted molar refractivity (Wildman–Crippen MR) is 92.5 cm³/mol. The lowest BCUT2D eigenvalue weighted by Crippen LogP contribution is -2.64. The van der Waals surface area contributed by atoms with Crippen LogP contribution in [0.15, 0.2) is 16.7 Å². The summed E-state index contributed by atoms with van der Waals surface area (Å²) in [6.07, 6.45) is -0.786. The third-order valence-electron chi connectivity index (χ3n) is 5.87. The Morgan fingerprint density at radius 1 is 1.46 bits per heavy atom. The lowest BCUT2D eigenvalue weighted by molar-refractivity contribution is -0.762. The molecule has 1 amide bonds. The van der Waals surface area contributed by atoms with Gasteiger partial charge < -0.3 is 19.9 Å². The van der Waals surface area contributed by atoms with Crippen molar-refractivity contribution in [2.45, 2.75) is 58.2 Å². The van der Waals surface area contributed by atoms with Gasteiger partial charge >= 0.3 is 0 Å². The zero-order valence-corrected chi connectivity index (χ0v) is 16.1. The fraction of sp³-hybridized carbons (Fsp3) is 0.611. The number of nitrogens with zero attached hydrogens (tertiary/aromatic N) is 3. The molecule has 0 spiro atoms. The zero-order chi connectivity index (χ0) is 18.9. The molecule has 1 aromatic heterocycles. The van der Waals surface area contributed by atoms with E-state index in [0.717, 1.165) is 13.1 Å². The van der Waals surface area contributed by atoms with Gasteiger partial charge in [0.2, 0.25) is 11.6 Å². The van der Waals surface area contributed by atoms with Crippen molar-refractivity contribution >= 4 is 23.6 Å². The average molecular weight is 377 g/mol. The van der Waals surface area contributed by atoms with Crippen molar-refractivity contribution in [3.05, 3.63) is 28.1 Å². The van der Waals surface area contributed by atoms with E-state index in [9.17, 15) is 19.8 Å². The quantitative estimate of drug-likeness (QED) is 0.555. The molecular weight excluding hydrogens is 354 g/mol. The largest absolute Gasteiger partial charge is 0.543 e. The number of carbonyl (C=O) groups excluding carboxylic acids is 2. The van der Waals surface area contributed by atoms with Crippen LogP contribution in [0.3, 0.4) is 0 Å². The number of amides is 1. The van der Waals surface area contributed by atoms with E-state index in [1.165, 1.54) is 16.3 Å². The van der Waals surface area contributed by atoms with Gasteiger partial charge in [0, 0.05) is 23.8 Å². The number of thioether (sulfide) groups is 1. The Balaban J connectivity index is 1.61. The van der Waals surface area contributed by atoms with Gasteiger partial charge in [0.25, 0.3) is 0 Å². The normalized spacial score (nSPS) is 31.1. The van der Waals surface area contributed by atoms with Gasteiger partial charge in [-0.2, -0.15) is 4.68 Å². The molecule has 0 radical (unpaired) electrons. The van der Waals surface area contributed by atoms with Crippen LogP contribution in [0.1, 0.15) is 25.2 Å². The molecule has 7 nitrogen and oxygen atoms in total. The molecule has 0 bridgehead atoms. The molecule has 0 aromatic carbocycles. The Bertz CT molecular complexity index is 817. The van der Waals surface area contributed by atoms with Crippen molar-refractivity contribution in [2.24, 2.45) is 11.8 Å². The summed E-state index contributed by atoms with van der Waals surface area (Å²) in [6, 6.07) is 1.86. The molecule has 0 saturated carbocycles. The van der Waals surface area contributed by atoms with Crippen LogP contribution < -0.4 is 9.79 Å². The van der Waals surface area contributed by atoms with Gasteiger partial charge in [-0.1, -0.05) is 6.92 Å². The Hall–Kier alpha value is -1.80. The van der Waals surface area contributed by atoms with E-state index in [2.05, 4.69) is 29.3 Å². The standard InChI is InChI=1S/C18H23N3O4S/c1-8-5-9(2)20-7-12(6-19(8)20)26-16-10(3)14-13(11(4)22)17(23)21(14)15(16)18(24)25/h5,10-14,22H,6-7H2,1-4H3/t10-,11-,13-,14-/m1/s1. The van der Waals surface area contributed by atoms with Gasteiger partial charge in [0.15, 0.2) is 6.54 Å². The topological polar surface area (TPSA) is 89.5 Å². The third kappa shape index (κ3) is 2.28. The number of rotatable bonds is 4. The maximum Gasteiger partial charge on any atom is 0.235 e. The fourth-order valence-electron chi connectivity index (χ4n) is 4.68. The summed E-state index contributed by atoms with van der Waals surface area (Å²) in [6.45, 7) is 9.27. The second kappa shape index (κ2) is 5.85. The molecule has 0 unspecified atom stereocenters. The summed E-state index contributed by atoms with van der Waals surface area (Å²) < 4.78 is 4.43. The summed E-state index contributed by atoms with van der Waals surface area (Å²) >= 11 is 1.54. The first-order valence-corrected chi connectivity index (χ1v) is 9.80. The number of carbonyl (C=O) groups is 2. The van der Waals surface area contributed by atoms with E-state index >= 15 is 0 Å². The van der Waals surface area contributed by atoms with Gasteiger partial charge in [0.1, 0.15) is 0 Å². The number of fused-ring (bicyclic) bond motifs is 2. The van der Waals surface area contributed by atoms with Crippen molar-refractivity contribution in [3.8, 4) is 0 Å². The number of aliphatic carboxylic acids is 1. The monoisotopic (exact) mass is 377 g/mol. The molecule has 4 heterocycles. The van der Waals surface area contributed by atoms with E-state index in [1.807, 2.05) is 6.92 Å². The number of hydrogen-bond acceptors (Lipinski definition) is 5. The number of aryl methyl sites for hydroxylation is 2. The Labute approximate surface area is 156 Å². The molecule has 1 saturated heterocycles. The fourth-order valence-corrected chi connectivity index (χ4v) is 6.12. The van der Waals surface area contributed by atoms with Crippen LogP contribution in [0.4, 0.5) is 0 Å². The van der Waals surface area contributed by atoms with Crippen LogP contribution in [0.25, 0.3) is 0 Å². The summed E-state index contributed by atoms with van der Waals surface area (Å²) in [5, 5.41) is 21.9. The SMILES string of the molecule is Cc1cc(C)[n+]2n1CC(SC1=C(C(=O)[O-])N3C(=O)[C@H]([C@@H](C)O)[C@H]3[C@H]1C)C2. The summed E-state index contributed by atoms with van der Waals surface area (Å²) in [4.78, 5) is 26.2. The maximum atomic E-state index is 12.4. The molecule has 140 valence electrons. The molecule has 0 aliphatic carbocycles. The van der Waals surface area contributed by atoms with E-state index in [4.69, 9.17) is 0 Å². The highest BCUT2D eigenvalue weighted by Gasteiger charge is 2.59. The molecule has 4 atom stereocenters. The van der Waals surface area contributed by atoms with Crippen LogP contribution in [0.2, 0.25) is 0 Å². The lowest BCUT2D eigenvalue weighted by Gasteiger charge is -2.47. The maximum absolute atomic E-state index is 12.4. The van der Waals surface area contributed by atoms with Crippen LogP contribution in [-0.2, 0) is 22.7 Å². The first-order chi connectivity index (χ1) is 12.2. The van der Waals surface area contributed by atoms with E-state index in [1.54, 1.807) is 18.7 Å². The van der Waals surface area contributed by atoms with Crippen molar-refractivity contribution in [2.75, 3.05) is 0 Å². The molecular formula is C18H23N3O4S. The molecule has 26 heavy (non-hydrogen) atoms. The van der Waals surface area contributed by atoms with E-state index in [0.29, 0.717) is 4.91 Å². The number of aliphatic hydroxyl groups excluding tert-OH is 1. The van der Waals surface area contributed by atoms with Crippen molar-refractivity contribution in [3.63, 3.8) is 0 Å². The summed E-state index contributed by atoms with van der Waals surface area (Å²) in [5.74, 6) is -2.27. The minimum absolute atomic E-state index is 0.00410. The molecule has 1 fully saturated rings. The average Bonchev–Trinajstić information content (AvgIpc) is 3.14. The van der Waals surface area contributed by atoms with Gasteiger partial charge in [-0.3, -0.25) is 4.79 Å². The van der Waals surface area contributed by atoms with Crippen LogP contribution in [0, 0.1) is 25.7 Å².